The van der Waals surface area contributed by atoms with Gasteiger partial charge in [-0.3, -0.25) is 9.69 Å². The van der Waals surface area contributed by atoms with E-state index in [0.717, 1.165) is 42.6 Å². The first kappa shape index (κ1) is 21.3. The van der Waals surface area contributed by atoms with Crippen molar-refractivity contribution < 1.29 is 19.1 Å². The van der Waals surface area contributed by atoms with Gasteiger partial charge >= 0.3 is 12.0 Å². The van der Waals surface area contributed by atoms with Crippen LogP contribution in [0.1, 0.15) is 51.5 Å². The number of rotatable bonds is 8. The number of fused-ring (bicyclic) bond motifs is 1. The summed E-state index contributed by atoms with van der Waals surface area (Å²) < 4.78 is 10.6. The number of para-hydroxylation sites is 1. The number of ether oxygens (including phenoxy) is 2. The first-order chi connectivity index (χ1) is 14.2. The Labute approximate surface area is 172 Å². The Morgan fingerprint density at radius 3 is 2.62 bits per heavy atom. The van der Waals surface area contributed by atoms with Crippen molar-refractivity contribution in [2.75, 3.05) is 37.8 Å². The molecule has 0 N–H and O–H groups in total. The van der Waals surface area contributed by atoms with Crippen LogP contribution in [0.15, 0.2) is 29.4 Å². The van der Waals surface area contributed by atoms with E-state index in [2.05, 4.69) is 0 Å². The van der Waals surface area contributed by atoms with Gasteiger partial charge < -0.3 is 9.47 Å². The van der Waals surface area contributed by atoms with E-state index in [1.807, 2.05) is 31.2 Å². The zero-order valence-electron chi connectivity index (χ0n) is 17.4. The summed E-state index contributed by atoms with van der Waals surface area (Å²) in [5.74, 6) is -0.169. The predicted molar refractivity (Wildman–Crippen MR) is 112 cm³/mol. The number of hydrogen-bond acceptors (Lipinski definition) is 5. The zero-order chi connectivity index (χ0) is 20.6. The van der Waals surface area contributed by atoms with Gasteiger partial charge in [0, 0.05) is 18.1 Å². The SMILES string of the molecule is CCOCCN1C(=O)N(CC(=O)OCC)N=C(C2CCCCC2)c2ccccc21. The van der Waals surface area contributed by atoms with Crippen molar-refractivity contribution in [3.05, 3.63) is 29.8 Å². The van der Waals surface area contributed by atoms with E-state index in [1.165, 1.54) is 11.4 Å². The molecule has 7 nitrogen and oxygen atoms in total. The maximum absolute atomic E-state index is 13.4. The van der Waals surface area contributed by atoms with E-state index in [9.17, 15) is 9.59 Å². The van der Waals surface area contributed by atoms with E-state index in [-0.39, 0.29) is 25.1 Å². The number of esters is 1. The van der Waals surface area contributed by atoms with Crippen LogP contribution >= 0.6 is 0 Å². The van der Waals surface area contributed by atoms with Crippen molar-refractivity contribution in [1.29, 1.82) is 0 Å². The van der Waals surface area contributed by atoms with Gasteiger partial charge in [-0.15, -0.1) is 0 Å². The van der Waals surface area contributed by atoms with Crippen LogP contribution in [-0.4, -0.2) is 55.6 Å². The normalized spacial score (nSPS) is 17.6. The highest BCUT2D eigenvalue weighted by molar-refractivity contribution is 6.11. The number of anilines is 1. The number of carbonyl (C=O) groups excluding carboxylic acids is 2. The van der Waals surface area contributed by atoms with E-state index in [1.54, 1.807) is 11.8 Å². The lowest BCUT2D eigenvalue weighted by molar-refractivity contribution is -0.143. The summed E-state index contributed by atoms with van der Waals surface area (Å²) in [6.45, 7) is 5.16. The minimum atomic E-state index is -0.455. The molecule has 7 heteroatoms. The van der Waals surface area contributed by atoms with Crippen LogP contribution in [0.3, 0.4) is 0 Å². The van der Waals surface area contributed by atoms with Crippen LogP contribution in [0, 0.1) is 5.92 Å². The van der Waals surface area contributed by atoms with Crippen LogP contribution in [-0.2, 0) is 14.3 Å². The summed E-state index contributed by atoms with van der Waals surface area (Å²) in [6.07, 6.45) is 5.65. The van der Waals surface area contributed by atoms with E-state index in [4.69, 9.17) is 14.6 Å². The van der Waals surface area contributed by atoms with Crippen molar-refractivity contribution >= 4 is 23.4 Å². The third kappa shape index (κ3) is 5.15. The highest BCUT2D eigenvalue weighted by Gasteiger charge is 2.33. The molecule has 0 radical (unpaired) electrons. The summed E-state index contributed by atoms with van der Waals surface area (Å²) in [4.78, 5) is 27.2. The number of urea groups is 1. The van der Waals surface area contributed by atoms with Crippen molar-refractivity contribution in [2.24, 2.45) is 11.0 Å². The Balaban J connectivity index is 2.00. The van der Waals surface area contributed by atoms with E-state index < -0.39 is 5.97 Å². The predicted octanol–water partition coefficient (Wildman–Crippen LogP) is 3.81. The average molecular weight is 402 g/mol. The molecular weight excluding hydrogens is 370 g/mol. The fourth-order valence-electron chi connectivity index (χ4n) is 4.02. The molecule has 2 amide bonds. The topological polar surface area (TPSA) is 71.4 Å². The lowest BCUT2D eigenvalue weighted by Gasteiger charge is -2.26. The lowest BCUT2D eigenvalue weighted by atomic mass is 9.83. The summed E-state index contributed by atoms with van der Waals surface area (Å²) in [5, 5.41) is 6.01. The molecule has 1 fully saturated rings. The third-order valence-corrected chi connectivity index (χ3v) is 5.39. The van der Waals surface area contributed by atoms with E-state index in [0.29, 0.717) is 19.8 Å². The molecule has 3 rings (SSSR count). The van der Waals surface area contributed by atoms with Gasteiger partial charge in [-0.1, -0.05) is 37.5 Å². The molecular formula is C22H31N3O4. The van der Waals surface area contributed by atoms with Gasteiger partial charge in [-0.05, 0) is 32.8 Å². The third-order valence-electron chi connectivity index (χ3n) is 5.39. The molecule has 158 valence electrons. The molecule has 0 atom stereocenters. The second-order valence-corrected chi connectivity index (χ2v) is 7.33. The Kier molecular flexibility index (Phi) is 7.63. The fourth-order valence-corrected chi connectivity index (χ4v) is 4.02. The molecule has 1 saturated carbocycles. The lowest BCUT2D eigenvalue weighted by Crippen LogP contribution is -2.44. The number of hydrazone groups is 1. The number of carbonyl (C=O) groups is 2. The van der Waals surface area contributed by atoms with Gasteiger partial charge in [0.05, 0.1) is 31.2 Å². The average Bonchev–Trinajstić information content (AvgIpc) is 2.85. The van der Waals surface area contributed by atoms with Crippen LogP contribution < -0.4 is 4.90 Å². The fraction of sp³-hybridized carbons (Fsp3) is 0.591. The molecule has 0 bridgehead atoms. The molecule has 1 aliphatic heterocycles. The van der Waals surface area contributed by atoms with Gasteiger partial charge in [0.1, 0.15) is 6.54 Å². The maximum atomic E-state index is 13.4. The summed E-state index contributed by atoms with van der Waals surface area (Å²) >= 11 is 0. The molecule has 29 heavy (non-hydrogen) atoms. The molecule has 1 aromatic carbocycles. The van der Waals surface area contributed by atoms with Gasteiger partial charge in [-0.25, -0.2) is 9.80 Å². The van der Waals surface area contributed by atoms with Crippen molar-refractivity contribution in [1.82, 2.24) is 5.01 Å². The minimum absolute atomic E-state index is 0.192. The Bertz CT molecular complexity index is 743. The van der Waals surface area contributed by atoms with E-state index >= 15 is 0 Å². The van der Waals surface area contributed by atoms with Crippen molar-refractivity contribution in [3.8, 4) is 0 Å². The Morgan fingerprint density at radius 1 is 1.14 bits per heavy atom. The largest absolute Gasteiger partial charge is 0.465 e. The molecule has 1 heterocycles. The molecule has 1 aliphatic carbocycles. The Morgan fingerprint density at radius 2 is 1.90 bits per heavy atom. The second kappa shape index (κ2) is 10.4. The van der Waals surface area contributed by atoms with Gasteiger partial charge in [0.25, 0.3) is 0 Å². The first-order valence-corrected chi connectivity index (χ1v) is 10.7. The highest BCUT2D eigenvalue weighted by Crippen LogP contribution is 2.34. The van der Waals surface area contributed by atoms with Crippen LogP contribution in [0.5, 0.6) is 0 Å². The molecule has 0 spiro atoms. The minimum Gasteiger partial charge on any atom is -0.465 e. The second-order valence-electron chi connectivity index (χ2n) is 7.33. The van der Waals surface area contributed by atoms with Gasteiger partial charge in [0.15, 0.2) is 0 Å². The van der Waals surface area contributed by atoms with Crippen LogP contribution in [0.4, 0.5) is 10.5 Å². The van der Waals surface area contributed by atoms with Gasteiger partial charge in [-0.2, -0.15) is 5.10 Å². The summed E-state index contributed by atoms with van der Waals surface area (Å²) in [5.41, 5.74) is 2.69. The number of hydrogen-bond donors (Lipinski definition) is 0. The van der Waals surface area contributed by atoms with Crippen molar-refractivity contribution in [2.45, 2.75) is 46.0 Å². The summed E-state index contributed by atoms with van der Waals surface area (Å²) in [7, 11) is 0. The monoisotopic (exact) mass is 401 g/mol. The first-order valence-electron chi connectivity index (χ1n) is 10.7. The zero-order valence-corrected chi connectivity index (χ0v) is 17.4. The quantitative estimate of drug-likeness (QED) is 0.490. The van der Waals surface area contributed by atoms with Crippen molar-refractivity contribution in [3.63, 3.8) is 0 Å². The molecule has 1 aromatic rings. The Hall–Kier alpha value is -2.41. The van der Waals surface area contributed by atoms with Gasteiger partial charge in [0.2, 0.25) is 0 Å². The highest BCUT2D eigenvalue weighted by atomic mass is 16.5. The molecule has 0 unspecified atom stereocenters. The molecule has 0 saturated heterocycles. The van der Waals surface area contributed by atoms with Crippen LogP contribution in [0.25, 0.3) is 0 Å². The summed E-state index contributed by atoms with van der Waals surface area (Å²) in [6, 6.07) is 7.56. The molecule has 0 aromatic heterocycles. The molecule has 2 aliphatic rings. The van der Waals surface area contributed by atoms with Crippen LogP contribution in [0.2, 0.25) is 0 Å². The standard InChI is InChI=1S/C22H31N3O4/c1-3-28-15-14-24-19-13-9-8-12-18(19)21(17-10-6-5-7-11-17)23-25(22(24)27)16-20(26)29-4-2/h8-9,12-13,17H,3-7,10-11,14-16H2,1-2H3. The number of amides is 2. The number of nitrogens with zero attached hydrogens (tertiary/aromatic N) is 3. The maximum Gasteiger partial charge on any atom is 0.345 e. The number of benzene rings is 1. The smallest absolute Gasteiger partial charge is 0.345 e.